The van der Waals surface area contributed by atoms with E-state index in [-0.39, 0.29) is 11.7 Å². The van der Waals surface area contributed by atoms with E-state index in [1.807, 2.05) is 0 Å². The van der Waals surface area contributed by atoms with E-state index in [0.717, 1.165) is 12.3 Å². The van der Waals surface area contributed by atoms with Gasteiger partial charge >= 0.3 is 0 Å². The SMILES string of the molecule is O=C(NCCC1CCC1)c1cncc(O)c1. The van der Waals surface area contributed by atoms with Crippen LogP contribution in [0.15, 0.2) is 18.5 Å². The van der Waals surface area contributed by atoms with E-state index in [9.17, 15) is 9.90 Å². The number of carbonyl (C=O) groups is 1. The summed E-state index contributed by atoms with van der Waals surface area (Å²) in [5, 5.41) is 12.0. The summed E-state index contributed by atoms with van der Waals surface area (Å²) >= 11 is 0. The average Bonchev–Trinajstić information content (AvgIpc) is 2.21. The standard InChI is InChI=1S/C12H16N2O2/c15-11-6-10(7-13-8-11)12(16)14-5-4-9-2-1-3-9/h6-9,15H,1-5H2,(H,14,16). The maximum Gasteiger partial charge on any atom is 0.252 e. The van der Waals surface area contributed by atoms with Gasteiger partial charge in [-0.15, -0.1) is 0 Å². The number of amides is 1. The largest absolute Gasteiger partial charge is 0.506 e. The molecule has 1 aliphatic carbocycles. The van der Waals surface area contributed by atoms with E-state index in [0.29, 0.717) is 12.1 Å². The van der Waals surface area contributed by atoms with Crippen molar-refractivity contribution >= 4 is 5.91 Å². The van der Waals surface area contributed by atoms with Crippen molar-refractivity contribution in [2.45, 2.75) is 25.7 Å². The van der Waals surface area contributed by atoms with Crippen LogP contribution in [0.2, 0.25) is 0 Å². The number of nitrogens with zero attached hydrogens (tertiary/aromatic N) is 1. The van der Waals surface area contributed by atoms with Crippen LogP contribution in [0.1, 0.15) is 36.0 Å². The molecule has 1 aliphatic rings. The molecule has 86 valence electrons. The summed E-state index contributed by atoms with van der Waals surface area (Å²) in [5.41, 5.74) is 0.411. The summed E-state index contributed by atoms with van der Waals surface area (Å²) in [4.78, 5) is 15.4. The van der Waals surface area contributed by atoms with E-state index >= 15 is 0 Å². The van der Waals surface area contributed by atoms with Gasteiger partial charge in [0.2, 0.25) is 0 Å². The molecule has 1 aromatic heterocycles. The van der Waals surface area contributed by atoms with Gasteiger partial charge in [0, 0.05) is 12.7 Å². The second-order valence-corrected chi connectivity index (χ2v) is 4.27. The quantitative estimate of drug-likeness (QED) is 0.812. The minimum absolute atomic E-state index is 0.0200. The Bertz CT molecular complexity index is 375. The molecule has 0 saturated heterocycles. The fourth-order valence-corrected chi connectivity index (χ4v) is 1.83. The van der Waals surface area contributed by atoms with Crippen molar-refractivity contribution in [1.29, 1.82) is 0 Å². The Morgan fingerprint density at radius 2 is 2.31 bits per heavy atom. The fraction of sp³-hybridized carbons (Fsp3) is 0.500. The highest BCUT2D eigenvalue weighted by molar-refractivity contribution is 5.94. The van der Waals surface area contributed by atoms with E-state index < -0.39 is 0 Å². The third kappa shape index (κ3) is 2.72. The van der Waals surface area contributed by atoms with Gasteiger partial charge in [-0.3, -0.25) is 9.78 Å². The third-order valence-corrected chi connectivity index (χ3v) is 3.05. The molecular formula is C12H16N2O2. The first-order valence-corrected chi connectivity index (χ1v) is 5.68. The van der Waals surface area contributed by atoms with E-state index in [1.54, 1.807) is 0 Å². The molecule has 0 aromatic carbocycles. The van der Waals surface area contributed by atoms with Crippen molar-refractivity contribution < 1.29 is 9.90 Å². The molecule has 1 saturated carbocycles. The second-order valence-electron chi connectivity index (χ2n) is 4.27. The van der Waals surface area contributed by atoms with E-state index in [4.69, 9.17) is 0 Å². The molecule has 0 aliphatic heterocycles. The first kappa shape index (κ1) is 10.9. The number of hydrogen-bond donors (Lipinski definition) is 2. The molecule has 2 N–H and O–H groups in total. The summed E-state index contributed by atoms with van der Waals surface area (Å²) in [5.74, 6) is 0.650. The second kappa shape index (κ2) is 4.96. The van der Waals surface area contributed by atoms with Crippen LogP contribution >= 0.6 is 0 Å². The lowest BCUT2D eigenvalue weighted by Gasteiger charge is -2.25. The van der Waals surface area contributed by atoms with Gasteiger partial charge in [-0.2, -0.15) is 0 Å². The summed E-state index contributed by atoms with van der Waals surface area (Å²) in [6.45, 7) is 0.707. The van der Waals surface area contributed by atoms with Crippen molar-refractivity contribution in [3.05, 3.63) is 24.0 Å². The molecule has 1 aromatic rings. The lowest BCUT2D eigenvalue weighted by molar-refractivity contribution is 0.0948. The molecule has 1 fully saturated rings. The molecule has 4 nitrogen and oxygen atoms in total. The van der Waals surface area contributed by atoms with Crippen molar-refractivity contribution in [3.63, 3.8) is 0 Å². The Balaban J connectivity index is 1.78. The summed E-state index contributed by atoms with van der Waals surface area (Å²) in [6.07, 6.45) is 7.74. The zero-order chi connectivity index (χ0) is 11.4. The fourth-order valence-electron chi connectivity index (χ4n) is 1.83. The Morgan fingerprint density at radius 3 is 2.94 bits per heavy atom. The molecule has 0 bridgehead atoms. The number of nitrogens with one attached hydrogen (secondary N) is 1. The Hall–Kier alpha value is -1.58. The zero-order valence-electron chi connectivity index (χ0n) is 9.15. The number of pyridine rings is 1. The molecular weight excluding hydrogens is 204 g/mol. The van der Waals surface area contributed by atoms with Gasteiger partial charge in [0.05, 0.1) is 11.8 Å². The molecule has 2 rings (SSSR count). The topological polar surface area (TPSA) is 62.2 Å². The Kier molecular flexibility index (Phi) is 3.39. The van der Waals surface area contributed by atoms with Crippen molar-refractivity contribution in [1.82, 2.24) is 10.3 Å². The lowest BCUT2D eigenvalue weighted by atomic mass is 9.83. The van der Waals surface area contributed by atoms with E-state index in [1.165, 1.54) is 37.7 Å². The first-order valence-electron chi connectivity index (χ1n) is 5.68. The van der Waals surface area contributed by atoms with Gasteiger partial charge in [0.15, 0.2) is 0 Å². The summed E-state index contributed by atoms with van der Waals surface area (Å²) in [6, 6.07) is 1.42. The highest BCUT2D eigenvalue weighted by Crippen LogP contribution is 2.28. The first-order chi connectivity index (χ1) is 7.75. The van der Waals surface area contributed by atoms with Crippen LogP contribution in [0.25, 0.3) is 0 Å². The predicted molar refractivity (Wildman–Crippen MR) is 60.2 cm³/mol. The van der Waals surface area contributed by atoms with Crippen LogP contribution in [0, 0.1) is 5.92 Å². The number of rotatable bonds is 4. The monoisotopic (exact) mass is 220 g/mol. The van der Waals surface area contributed by atoms with Gasteiger partial charge in [-0.1, -0.05) is 19.3 Å². The molecule has 0 radical (unpaired) electrons. The predicted octanol–water partition coefficient (Wildman–Crippen LogP) is 1.71. The smallest absolute Gasteiger partial charge is 0.252 e. The molecule has 0 spiro atoms. The van der Waals surface area contributed by atoms with Crippen molar-refractivity contribution in [2.24, 2.45) is 5.92 Å². The van der Waals surface area contributed by atoms with Crippen LogP contribution in [0.3, 0.4) is 0 Å². The molecule has 0 unspecified atom stereocenters. The Morgan fingerprint density at radius 1 is 1.50 bits per heavy atom. The number of carbonyl (C=O) groups excluding carboxylic acids is 1. The molecule has 4 heteroatoms. The van der Waals surface area contributed by atoms with Gasteiger partial charge in [0.25, 0.3) is 5.91 Å². The molecule has 0 atom stereocenters. The summed E-state index contributed by atoms with van der Waals surface area (Å²) in [7, 11) is 0. The average molecular weight is 220 g/mol. The lowest BCUT2D eigenvalue weighted by Crippen LogP contribution is -2.27. The zero-order valence-corrected chi connectivity index (χ0v) is 9.15. The van der Waals surface area contributed by atoms with Crippen LogP contribution in [0.4, 0.5) is 0 Å². The highest BCUT2D eigenvalue weighted by Gasteiger charge is 2.17. The normalized spacial score (nSPS) is 15.5. The number of aromatic hydroxyl groups is 1. The van der Waals surface area contributed by atoms with Crippen molar-refractivity contribution in [2.75, 3.05) is 6.54 Å². The Labute approximate surface area is 94.7 Å². The highest BCUT2D eigenvalue weighted by atomic mass is 16.3. The van der Waals surface area contributed by atoms with Crippen LogP contribution in [-0.4, -0.2) is 22.5 Å². The maximum absolute atomic E-state index is 11.6. The molecule has 16 heavy (non-hydrogen) atoms. The summed E-state index contributed by atoms with van der Waals surface area (Å²) < 4.78 is 0. The van der Waals surface area contributed by atoms with Gasteiger partial charge in [0.1, 0.15) is 5.75 Å². The molecule has 1 amide bonds. The van der Waals surface area contributed by atoms with Gasteiger partial charge in [-0.05, 0) is 18.4 Å². The van der Waals surface area contributed by atoms with Crippen LogP contribution in [-0.2, 0) is 0 Å². The minimum Gasteiger partial charge on any atom is -0.506 e. The number of aromatic nitrogens is 1. The van der Waals surface area contributed by atoms with Gasteiger partial charge in [-0.25, -0.2) is 0 Å². The number of hydrogen-bond acceptors (Lipinski definition) is 3. The third-order valence-electron chi connectivity index (χ3n) is 3.05. The van der Waals surface area contributed by atoms with Gasteiger partial charge < -0.3 is 10.4 Å². The molecule has 1 heterocycles. The minimum atomic E-state index is -0.164. The van der Waals surface area contributed by atoms with E-state index in [2.05, 4.69) is 10.3 Å². The maximum atomic E-state index is 11.6. The van der Waals surface area contributed by atoms with Crippen LogP contribution < -0.4 is 5.32 Å². The van der Waals surface area contributed by atoms with Crippen LogP contribution in [0.5, 0.6) is 5.75 Å². The van der Waals surface area contributed by atoms with Crippen molar-refractivity contribution in [3.8, 4) is 5.75 Å².